The van der Waals surface area contributed by atoms with Gasteiger partial charge in [0.15, 0.2) is 5.75 Å². The molecule has 202 valence electrons. The first kappa shape index (κ1) is 27.4. The molecule has 0 N–H and O–H groups in total. The highest BCUT2D eigenvalue weighted by Gasteiger charge is 2.30. The van der Waals surface area contributed by atoms with E-state index in [0.717, 1.165) is 59.8 Å². The second kappa shape index (κ2) is 11.1. The predicted molar refractivity (Wildman–Crippen MR) is 170 cm³/mol. The first-order chi connectivity index (χ1) is 18.7. The second-order valence-corrected chi connectivity index (χ2v) is 13.0. The Morgan fingerprint density at radius 1 is 1.05 bits per heavy atom. The Morgan fingerprint density at radius 2 is 1.82 bits per heavy atom. The van der Waals surface area contributed by atoms with Crippen LogP contribution in [0, 0.1) is 19.3 Å². The van der Waals surface area contributed by atoms with Gasteiger partial charge in [-0.05, 0) is 96.9 Å². The van der Waals surface area contributed by atoms with E-state index in [1.807, 2.05) is 11.8 Å². The molecule has 2 aliphatic rings. The van der Waals surface area contributed by atoms with E-state index in [1.165, 1.54) is 38.1 Å². The molecule has 3 aromatic carbocycles. The van der Waals surface area contributed by atoms with E-state index in [4.69, 9.17) is 4.74 Å². The minimum atomic E-state index is 0.168. The number of anilines is 1. The van der Waals surface area contributed by atoms with Crippen molar-refractivity contribution < 1.29 is 4.74 Å². The number of hydrogen-bond acceptors (Lipinski definition) is 3. The van der Waals surface area contributed by atoms with E-state index in [1.54, 1.807) is 0 Å². The van der Waals surface area contributed by atoms with Crippen molar-refractivity contribution in [2.45, 2.75) is 72.1 Å². The van der Waals surface area contributed by atoms with Crippen molar-refractivity contribution in [2.24, 2.45) is 5.41 Å². The van der Waals surface area contributed by atoms with Crippen LogP contribution in [0.5, 0.6) is 5.75 Å². The molecule has 0 aromatic heterocycles. The Labute approximate surface area is 239 Å². The molecule has 0 amide bonds. The molecule has 5 rings (SSSR count). The zero-order valence-electron chi connectivity index (χ0n) is 24.4. The number of thioether (sulfide) groups is 1. The Balaban J connectivity index is 1.44. The number of allylic oxidation sites excluding steroid dienone is 5. The van der Waals surface area contributed by atoms with Crippen molar-refractivity contribution in [2.75, 3.05) is 11.4 Å². The Morgan fingerprint density at radius 3 is 2.59 bits per heavy atom. The summed E-state index contributed by atoms with van der Waals surface area (Å²) in [4.78, 5) is 4.72. The molecule has 0 spiro atoms. The van der Waals surface area contributed by atoms with Gasteiger partial charge in [0.05, 0.1) is 5.69 Å². The van der Waals surface area contributed by atoms with Gasteiger partial charge in [-0.3, -0.25) is 0 Å². The van der Waals surface area contributed by atoms with Crippen LogP contribution < -0.4 is 9.64 Å². The number of benzene rings is 3. The molecule has 0 saturated heterocycles. The molecular weight excluding hydrogens is 494 g/mol. The molecule has 0 radical (unpaired) electrons. The SMILES string of the molecule is C=C(/C=C1C=C(/C=C2\Oc3c(ccc4ccccc34)N2CC)CC(C)(C)C/1)Sc1cc(C)c(C)cc1CCC. The fourth-order valence-corrected chi connectivity index (χ4v) is 6.92. The van der Waals surface area contributed by atoms with Crippen molar-refractivity contribution in [1.29, 1.82) is 0 Å². The lowest BCUT2D eigenvalue weighted by molar-refractivity contribution is 0.353. The fraction of sp³-hybridized carbons (Fsp3) is 0.333. The number of ether oxygens (including phenoxy) is 1. The maximum absolute atomic E-state index is 6.55. The lowest BCUT2D eigenvalue weighted by atomic mass is 9.75. The van der Waals surface area contributed by atoms with Crippen molar-refractivity contribution >= 4 is 28.2 Å². The third-order valence-electron chi connectivity index (χ3n) is 7.77. The largest absolute Gasteiger partial charge is 0.438 e. The molecule has 0 fully saturated rings. The summed E-state index contributed by atoms with van der Waals surface area (Å²) in [7, 11) is 0. The minimum absolute atomic E-state index is 0.168. The van der Waals surface area contributed by atoms with Crippen molar-refractivity contribution in [3.8, 4) is 5.75 Å². The number of rotatable bonds is 7. The van der Waals surface area contributed by atoms with Gasteiger partial charge in [0, 0.05) is 27.8 Å². The van der Waals surface area contributed by atoms with Crippen molar-refractivity contribution in [1.82, 2.24) is 0 Å². The second-order valence-electron chi connectivity index (χ2n) is 11.8. The molecule has 3 heteroatoms. The third-order valence-corrected chi connectivity index (χ3v) is 8.75. The van der Waals surface area contributed by atoms with Crippen LogP contribution in [0.15, 0.2) is 100 Å². The molecule has 0 saturated carbocycles. The lowest BCUT2D eigenvalue weighted by Crippen LogP contribution is -2.21. The van der Waals surface area contributed by atoms with Crippen LogP contribution in [0.3, 0.4) is 0 Å². The normalized spacial score (nSPS) is 18.4. The molecule has 1 heterocycles. The van der Waals surface area contributed by atoms with Crippen LogP contribution in [-0.2, 0) is 6.42 Å². The first-order valence-electron chi connectivity index (χ1n) is 14.2. The summed E-state index contributed by atoms with van der Waals surface area (Å²) in [5.41, 5.74) is 8.10. The highest BCUT2D eigenvalue weighted by molar-refractivity contribution is 8.03. The van der Waals surface area contributed by atoms with Gasteiger partial charge in [0.2, 0.25) is 5.88 Å². The molecule has 2 nitrogen and oxygen atoms in total. The quantitative estimate of drug-likeness (QED) is 0.279. The summed E-state index contributed by atoms with van der Waals surface area (Å²) >= 11 is 1.81. The van der Waals surface area contributed by atoms with Gasteiger partial charge >= 0.3 is 0 Å². The van der Waals surface area contributed by atoms with Crippen molar-refractivity contribution in [3.05, 3.63) is 112 Å². The maximum Gasteiger partial charge on any atom is 0.200 e. The number of aryl methyl sites for hydroxylation is 3. The van der Waals surface area contributed by atoms with Gasteiger partial charge < -0.3 is 9.64 Å². The van der Waals surface area contributed by atoms with Crippen LogP contribution in [0.2, 0.25) is 0 Å². The van der Waals surface area contributed by atoms with Crippen LogP contribution >= 0.6 is 11.8 Å². The zero-order chi connectivity index (χ0) is 27.7. The average Bonchev–Trinajstić information content (AvgIpc) is 3.23. The van der Waals surface area contributed by atoms with Gasteiger partial charge in [-0.25, -0.2) is 0 Å². The van der Waals surface area contributed by atoms with Gasteiger partial charge in [-0.15, -0.1) is 0 Å². The molecule has 39 heavy (non-hydrogen) atoms. The number of nitrogens with zero attached hydrogens (tertiary/aromatic N) is 1. The average molecular weight is 536 g/mol. The Bertz CT molecular complexity index is 1520. The van der Waals surface area contributed by atoms with E-state index >= 15 is 0 Å². The van der Waals surface area contributed by atoms with E-state index in [9.17, 15) is 0 Å². The van der Waals surface area contributed by atoms with E-state index in [-0.39, 0.29) is 5.41 Å². The molecule has 0 bridgehead atoms. The molecule has 1 aliphatic heterocycles. The summed E-state index contributed by atoms with van der Waals surface area (Å²) in [6.45, 7) is 18.9. The summed E-state index contributed by atoms with van der Waals surface area (Å²) in [5.74, 6) is 1.88. The highest BCUT2D eigenvalue weighted by Crippen LogP contribution is 2.46. The first-order valence-corrected chi connectivity index (χ1v) is 15.1. The van der Waals surface area contributed by atoms with Gasteiger partial charge in [-0.2, -0.15) is 0 Å². The Kier molecular flexibility index (Phi) is 7.82. The van der Waals surface area contributed by atoms with E-state index in [0.29, 0.717) is 0 Å². The molecule has 1 aliphatic carbocycles. The monoisotopic (exact) mass is 535 g/mol. The predicted octanol–water partition coefficient (Wildman–Crippen LogP) is 10.4. The summed E-state index contributed by atoms with van der Waals surface area (Å²) in [5, 5.41) is 2.37. The van der Waals surface area contributed by atoms with E-state index < -0.39 is 0 Å². The molecule has 3 aromatic rings. The summed E-state index contributed by atoms with van der Waals surface area (Å²) in [6.07, 6.45) is 11.2. The van der Waals surface area contributed by atoms with Crippen LogP contribution in [0.4, 0.5) is 5.69 Å². The zero-order valence-corrected chi connectivity index (χ0v) is 25.2. The van der Waals surface area contributed by atoms with Crippen LogP contribution in [0.1, 0.15) is 63.6 Å². The Hall–Kier alpha value is -3.17. The lowest BCUT2D eigenvalue weighted by Gasteiger charge is -2.31. The molecule has 0 unspecified atom stereocenters. The highest BCUT2D eigenvalue weighted by atomic mass is 32.2. The maximum atomic E-state index is 6.55. The van der Waals surface area contributed by atoms with Crippen molar-refractivity contribution in [3.63, 3.8) is 0 Å². The van der Waals surface area contributed by atoms with Gasteiger partial charge in [0.25, 0.3) is 0 Å². The summed E-state index contributed by atoms with van der Waals surface area (Å²) in [6, 6.07) is 17.5. The number of fused-ring (bicyclic) bond motifs is 3. The van der Waals surface area contributed by atoms with Gasteiger partial charge in [0.1, 0.15) is 0 Å². The molecule has 0 atom stereocenters. The van der Waals surface area contributed by atoms with Gasteiger partial charge in [-0.1, -0.05) is 88.0 Å². The third kappa shape index (κ3) is 5.89. The smallest absolute Gasteiger partial charge is 0.200 e. The standard InChI is InChI=1S/C36H41NOS/c1-8-12-30-17-24(3)25(4)18-33(30)39-26(5)19-27-20-28(23-36(6,7)22-27)21-34-37(9-2)32-16-15-29-13-10-11-14-31(29)35(32)38-34/h10-11,13-21H,5,8-9,12,22-23H2,1-4,6-7H3/b27-19-,34-21-. The minimum Gasteiger partial charge on any atom is -0.438 e. The van der Waals surface area contributed by atoms with Crippen LogP contribution in [0.25, 0.3) is 10.8 Å². The number of hydrogen-bond donors (Lipinski definition) is 0. The topological polar surface area (TPSA) is 12.5 Å². The fourth-order valence-electron chi connectivity index (χ4n) is 5.90. The molecular formula is C36H41NOS. The summed E-state index contributed by atoms with van der Waals surface area (Å²) < 4.78 is 6.55. The van der Waals surface area contributed by atoms with E-state index in [2.05, 4.69) is 120 Å². The van der Waals surface area contributed by atoms with Crippen LogP contribution in [-0.4, -0.2) is 6.54 Å².